The number of hydrogen-bond donors (Lipinski definition) is 2. The molecule has 0 radical (unpaired) electrons. The summed E-state index contributed by atoms with van der Waals surface area (Å²) in [6, 6.07) is 9.16. The lowest BCUT2D eigenvalue weighted by atomic mass is 10.0. The molecule has 0 spiro atoms. The standard InChI is InChI=1S/C24H32N4O5S/c1-16(2)13-24(29)27-11-9-19(10-12-27)25-22-8-6-20(15-23(22)28(30)31)34(32,33)26-21-7-5-17(3)14-18(21)4/h5-8,14-16,19,25-26H,9-13H2,1-4H3. The fourth-order valence-electron chi connectivity index (χ4n) is 4.05. The molecule has 10 heteroatoms. The highest BCUT2D eigenvalue weighted by molar-refractivity contribution is 7.92. The minimum atomic E-state index is -4.01. The smallest absolute Gasteiger partial charge is 0.293 e. The maximum absolute atomic E-state index is 12.9. The Bertz CT molecular complexity index is 1170. The molecule has 2 aromatic carbocycles. The number of rotatable bonds is 8. The van der Waals surface area contributed by atoms with Gasteiger partial charge in [-0.2, -0.15) is 0 Å². The Kier molecular flexibility index (Phi) is 7.81. The van der Waals surface area contributed by atoms with E-state index in [2.05, 4.69) is 10.0 Å². The number of benzene rings is 2. The molecular weight excluding hydrogens is 456 g/mol. The van der Waals surface area contributed by atoms with Crippen LogP contribution >= 0.6 is 0 Å². The van der Waals surface area contributed by atoms with Crippen molar-refractivity contribution in [2.24, 2.45) is 5.92 Å². The molecule has 1 amide bonds. The molecule has 0 aliphatic carbocycles. The van der Waals surface area contributed by atoms with Gasteiger partial charge in [0.25, 0.3) is 15.7 Å². The van der Waals surface area contributed by atoms with Crippen LogP contribution in [0.5, 0.6) is 0 Å². The van der Waals surface area contributed by atoms with E-state index in [0.717, 1.165) is 17.2 Å². The summed E-state index contributed by atoms with van der Waals surface area (Å²) in [5.41, 5.74) is 2.15. The Morgan fingerprint density at radius 1 is 1.12 bits per heavy atom. The second-order valence-electron chi connectivity index (χ2n) is 9.26. The summed E-state index contributed by atoms with van der Waals surface area (Å²) in [6.07, 6.45) is 1.83. The number of carbonyl (C=O) groups is 1. The number of aryl methyl sites for hydroxylation is 2. The summed E-state index contributed by atoms with van der Waals surface area (Å²) in [5.74, 6) is 0.426. The number of nitrogens with zero attached hydrogens (tertiary/aromatic N) is 2. The van der Waals surface area contributed by atoms with Crippen molar-refractivity contribution in [3.8, 4) is 0 Å². The predicted molar refractivity (Wildman–Crippen MR) is 133 cm³/mol. The van der Waals surface area contributed by atoms with Gasteiger partial charge in [0.1, 0.15) is 5.69 Å². The highest BCUT2D eigenvalue weighted by Crippen LogP contribution is 2.31. The predicted octanol–water partition coefficient (Wildman–Crippen LogP) is 4.46. The molecule has 1 aliphatic rings. The molecule has 0 aromatic heterocycles. The van der Waals surface area contributed by atoms with Crippen molar-refractivity contribution >= 4 is 33.0 Å². The average molecular weight is 489 g/mol. The highest BCUT2D eigenvalue weighted by Gasteiger charge is 2.27. The van der Waals surface area contributed by atoms with Crippen molar-refractivity contribution in [3.05, 3.63) is 57.6 Å². The van der Waals surface area contributed by atoms with Gasteiger partial charge in [-0.1, -0.05) is 31.5 Å². The minimum Gasteiger partial charge on any atom is -0.377 e. The quantitative estimate of drug-likeness (QED) is 0.418. The number of sulfonamides is 1. The molecular formula is C24H32N4O5S. The van der Waals surface area contributed by atoms with E-state index in [1.807, 2.05) is 31.7 Å². The molecule has 1 aliphatic heterocycles. The van der Waals surface area contributed by atoms with E-state index >= 15 is 0 Å². The lowest BCUT2D eigenvalue weighted by molar-refractivity contribution is -0.384. The molecule has 9 nitrogen and oxygen atoms in total. The minimum absolute atomic E-state index is 0.0439. The van der Waals surface area contributed by atoms with E-state index < -0.39 is 14.9 Å². The van der Waals surface area contributed by atoms with Crippen molar-refractivity contribution < 1.29 is 18.1 Å². The molecule has 34 heavy (non-hydrogen) atoms. The van der Waals surface area contributed by atoms with Crippen LogP contribution in [0.1, 0.15) is 44.2 Å². The van der Waals surface area contributed by atoms with E-state index in [1.54, 1.807) is 19.1 Å². The third-order valence-corrected chi connectivity index (χ3v) is 7.26. The first-order valence-electron chi connectivity index (χ1n) is 11.4. The van der Waals surface area contributed by atoms with E-state index in [0.29, 0.717) is 44.0 Å². The first-order chi connectivity index (χ1) is 16.0. The van der Waals surface area contributed by atoms with Gasteiger partial charge in [-0.3, -0.25) is 19.6 Å². The molecule has 0 atom stereocenters. The molecule has 1 fully saturated rings. The van der Waals surface area contributed by atoms with Crippen molar-refractivity contribution in [1.29, 1.82) is 0 Å². The Morgan fingerprint density at radius 3 is 2.35 bits per heavy atom. The number of hydrogen-bond acceptors (Lipinski definition) is 6. The van der Waals surface area contributed by atoms with Crippen LogP contribution in [0, 0.1) is 29.9 Å². The van der Waals surface area contributed by atoms with E-state index in [4.69, 9.17) is 0 Å². The maximum Gasteiger partial charge on any atom is 0.293 e. The van der Waals surface area contributed by atoms with Crippen LogP contribution in [-0.2, 0) is 14.8 Å². The molecule has 1 heterocycles. The van der Waals surface area contributed by atoms with Crippen LogP contribution in [-0.4, -0.2) is 43.3 Å². The molecule has 184 valence electrons. The molecule has 2 N–H and O–H groups in total. The number of piperidine rings is 1. The van der Waals surface area contributed by atoms with Crippen LogP contribution in [0.2, 0.25) is 0 Å². The summed E-state index contributed by atoms with van der Waals surface area (Å²) < 4.78 is 28.3. The number of anilines is 2. The lowest BCUT2D eigenvalue weighted by Crippen LogP contribution is -2.42. The summed E-state index contributed by atoms with van der Waals surface area (Å²) in [4.78, 5) is 25.1. The van der Waals surface area contributed by atoms with Crippen molar-refractivity contribution in [3.63, 3.8) is 0 Å². The monoisotopic (exact) mass is 488 g/mol. The van der Waals surface area contributed by atoms with Gasteiger partial charge in [-0.05, 0) is 56.4 Å². The van der Waals surface area contributed by atoms with Crippen LogP contribution < -0.4 is 10.0 Å². The second kappa shape index (κ2) is 10.4. The number of nitro benzene ring substituents is 1. The molecule has 1 saturated heterocycles. The Hall–Kier alpha value is -3.14. The van der Waals surface area contributed by atoms with E-state index in [-0.39, 0.29) is 28.2 Å². The Labute approximate surface area is 200 Å². The summed E-state index contributed by atoms with van der Waals surface area (Å²) >= 11 is 0. The zero-order valence-electron chi connectivity index (χ0n) is 20.0. The lowest BCUT2D eigenvalue weighted by Gasteiger charge is -2.33. The van der Waals surface area contributed by atoms with Crippen LogP contribution in [0.25, 0.3) is 0 Å². The first kappa shape index (κ1) is 25.5. The van der Waals surface area contributed by atoms with Gasteiger partial charge in [-0.15, -0.1) is 0 Å². The first-order valence-corrected chi connectivity index (χ1v) is 12.9. The maximum atomic E-state index is 12.9. The van der Waals surface area contributed by atoms with Gasteiger partial charge < -0.3 is 10.2 Å². The van der Waals surface area contributed by atoms with E-state index in [1.165, 1.54) is 12.1 Å². The molecule has 0 saturated carbocycles. The number of nitrogens with one attached hydrogen (secondary N) is 2. The summed E-state index contributed by atoms with van der Waals surface area (Å²) in [6.45, 7) is 8.89. The van der Waals surface area contributed by atoms with Crippen LogP contribution in [0.4, 0.5) is 17.1 Å². The number of likely N-dealkylation sites (tertiary alicyclic amines) is 1. The molecule has 3 rings (SSSR count). The van der Waals surface area contributed by atoms with Crippen LogP contribution in [0.3, 0.4) is 0 Å². The molecule has 0 bridgehead atoms. The van der Waals surface area contributed by atoms with E-state index in [9.17, 15) is 23.3 Å². The molecule has 0 unspecified atom stereocenters. The number of nitro groups is 1. The van der Waals surface area contributed by atoms with Gasteiger partial charge in [0.15, 0.2) is 0 Å². The van der Waals surface area contributed by atoms with Crippen molar-refractivity contribution in [2.75, 3.05) is 23.1 Å². The number of carbonyl (C=O) groups excluding carboxylic acids is 1. The van der Waals surface area contributed by atoms with Gasteiger partial charge in [0, 0.05) is 31.6 Å². The van der Waals surface area contributed by atoms with Crippen molar-refractivity contribution in [2.45, 2.75) is 57.9 Å². The second-order valence-corrected chi connectivity index (χ2v) is 10.9. The summed E-state index contributed by atoms with van der Waals surface area (Å²) in [5, 5.41) is 14.9. The normalized spacial score (nSPS) is 14.8. The van der Waals surface area contributed by atoms with Crippen molar-refractivity contribution in [1.82, 2.24) is 4.90 Å². The zero-order chi connectivity index (χ0) is 25.0. The highest BCUT2D eigenvalue weighted by atomic mass is 32.2. The van der Waals surface area contributed by atoms with Gasteiger partial charge in [0.2, 0.25) is 5.91 Å². The molecule has 2 aromatic rings. The SMILES string of the molecule is Cc1ccc(NS(=O)(=O)c2ccc(NC3CCN(C(=O)CC(C)C)CC3)c([N+](=O)[O-])c2)c(C)c1. The van der Waals surface area contributed by atoms with Gasteiger partial charge in [-0.25, -0.2) is 8.42 Å². The third-order valence-electron chi connectivity index (χ3n) is 5.89. The third kappa shape index (κ3) is 6.25. The zero-order valence-corrected chi connectivity index (χ0v) is 20.8. The topological polar surface area (TPSA) is 122 Å². The fourth-order valence-corrected chi connectivity index (χ4v) is 5.21. The largest absolute Gasteiger partial charge is 0.377 e. The van der Waals surface area contributed by atoms with Gasteiger partial charge in [0.05, 0.1) is 15.5 Å². The van der Waals surface area contributed by atoms with Crippen LogP contribution in [0.15, 0.2) is 41.3 Å². The summed E-state index contributed by atoms with van der Waals surface area (Å²) in [7, 11) is -4.01. The average Bonchev–Trinajstić information content (AvgIpc) is 2.75. The number of amides is 1. The Balaban J connectivity index is 1.73. The van der Waals surface area contributed by atoms with Gasteiger partial charge >= 0.3 is 0 Å². The Morgan fingerprint density at radius 2 is 1.76 bits per heavy atom. The fraction of sp³-hybridized carbons (Fsp3) is 0.458.